The smallest absolute Gasteiger partial charge is 0.253 e. The summed E-state index contributed by atoms with van der Waals surface area (Å²) in [5.41, 5.74) is 0. The highest BCUT2D eigenvalue weighted by Gasteiger charge is 2.11. The van der Waals surface area contributed by atoms with Crippen LogP contribution in [-0.4, -0.2) is 31.2 Å². The van der Waals surface area contributed by atoms with E-state index in [-0.39, 0.29) is 12.5 Å². The quantitative estimate of drug-likeness (QED) is 0.786. The molecule has 0 radical (unpaired) electrons. The Morgan fingerprint density at radius 2 is 2.33 bits per heavy atom. The number of halogens is 1. The molecule has 1 rings (SSSR count). The summed E-state index contributed by atoms with van der Waals surface area (Å²) in [5, 5.41) is 0. The van der Waals surface area contributed by atoms with E-state index in [4.69, 9.17) is 4.74 Å². The molecule has 1 amide bonds. The maximum atomic E-state index is 11.6. The molecule has 0 saturated heterocycles. The van der Waals surface area contributed by atoms with E-state index in [0.29, 0.717) is 17.0 Å². The molecule has 5 heteroatoms. The van der Waals surface area contributed by atoms with Gasteiger partial charge in [0.15, 0.2) is 0 Å². The Morgan fingerprint density at radius 1 is 1.60 bits per heavy atom. The van der Waals surface area contributed by atoms with Crippen molar-refractivity contribution in [2.45, 2.75) is 6.92 Å². The van der Waals surface area contributed by atoms with Crippen LogP contribution in [0.15, 0.2) is 22.8 Å². The molecule has 1 aromatic rings. The van der Waals surface area contributed by atoms with Crippen LogP contribution in [0.5, 0.6) is 0 Å². The predicted octanol–water partition coefficient (Wildman–Crippen LogP) is 1.84. The SMILES string of the molecule is CCOCC(=O)N(C)c1cccc(Br)n1. The van der Waals surface area contributed by atoms with Gasteiger partial charge < -0.3 is 4.74 Å². The lowest BCUT2D eigenvalue weighted by atomic mass is 10.4. The summed E-state index contributed by atoms with van der Waals surface area (Å²) < 4.78 is 5.74. The molecule has 0 aromatic carbocycles. The van der Waals surface area contributed by atoms with Crippen molar-refractivity contribution in [2.75, 3.05) is 25.2 Å². The molecule has 0 unspecified atom stereocenters. The van der Waals surface area contributed by atoms with Crippen LogP contribution in [0.3, 0.4) is 0 Å². The van der Waals surface area contributed by atoms with Crippen LogP contribution in [0.2, 0.25) is 0 Å². The topological polar surface area (TPSA) is 42.4 Å². The van der Waals surface area contributed by atoms with E-state index >= 15 is 0 Å². The zero-order valence-electron chi connectivity index (χ0n) is 8.74. The van der Waals surface area contributed by atoms with Crippen LogP contribution in [0.1, 0.15) is 6.92 Å². The van der Waals surface area contributed by atoms with Gasteiger partial charge in [-0.25, -0.2) is 4.98 Å². The fourth-order valence-electron chi connectivity index (χ4n) is 0.998. The zero-order valence-corrected chi connectivity index (χ0v) is 10.3. The third-order valence-electron chi connectivity index (χ3n) is 1.85. The summed E-state index contributed by atoms with van der Waals surface area (Å²) in [4.78, 5) is 17.2. The largest absolute Gasteiger partial charge is 0.372 e. The van der Waals surface area contributed by atoms with Gasteiger partial charge in [-0.1, -0.05) is 6.07 Å². The standard InChI is InChI=1S/C10H13BrN2O2/c1-3-15-7-10(14)13(2)9-6-4-5-8(11)12-9/h4-6H,3,7H2,1-2H3. The summed E-state index contributed by atoms with van der Waals surface area (Å²) in [6.45, 7) is 2.47. The molecule has 4 nitrogen and oxygen atoms in total. The summed E-state index contributed by atoms with van der Waals surface area (Å²) in [6.07, 6.45) is 0. The molecule has 15 heavy (non-hydrogen) atoms. The molecular formula is C10H13BrN2O2. The Bertz CT molecular complexity index is 344. The average molecular weight is 273 g/mol. The first-order chi connectivity index (χ1) is 7.15. The number of hydrogen-bond donors (Lipinski definition) is 0. The van der Waals surface area contributed by atoms with Gasteiger partial charge in [0.25, 0.3) is 5.91 Å². The molecule has 1 heterocycles. The number of aromatic nitrogens is 1. The number of rotatable bonds is 4. The Kier molecular flexibility index (Phi) is 4.71. The van der Waals surface area contributed by atoms with E-state index in [9.17, 15) is 4.79 Å². The molecule has 0 aliphatic heterocycles. The Morgan fingerprint density at radius 3 is 2.93 bits per heavy atom. The third kappa shape index (κ3) is 3.60. The van der Waals surface area contributed by atoms with Gasteiger partial charge >= 0.3 is 0 Å². The number of carbonyl (C=O) groups excluding carboxylic acids is 1. The van der Waals surface area contributed by atoms with Crippen molar-refractivity contribution in [2.24, 2.45) is 0 Å². The fraction of sp³-hybridized carbons (Fsp3) is 0.400. The van der Waals surface area contributed by atoms with Gasteiger partial charge in [0.05, 0.1) is 0 Å². The van der Waals surface area contributed by atoms with Crippen molar-refractivity contribution < 1.29 is 9.53 Å². The van der Waals surface area contributed by atoms with Gasteiger partial charge in [0.1, 0.15) is 17.0 Å². The number of ether oxygens (including phenoxy) is 1. The minimum absolute atomic E-state index is 0.0845. The van der Waals surface area contributed by atoms with Crippen molar-refractivity contribution in [1.29, 1.82) is 0 Å². The average Bonchev–Trinajstić information content (AvgIpc) is 2.24. The van der Waals surface area contributed by atoms with Crippen molar-refractivity contribution in [3.8, 4) is 0 Å². The predicted molar refractivity (Wildman–Crippen MR) is 61.8 cm³/mol. The van der Waals surface area contributed by atoms with Crippen molar-refractivity contribution in [3.05, 3.63) is 22.8 Å². The highest BCUT2D eigenvalue weighted by molar-refractivity contribution is 9.10. The number of pyridine rings is 1. The maximum absolute atomic E-state index is 11.6. The molecule has 0 spiro atoms. The number of nitrogens with zero attached hydrogens (tertiary/aromatic N) is 2. The maximum Gasteiger partial charge on any atom is 0.253 e. The molecule has 0 aliphatic rings. The molecule has 0 bridgehead atoms. The van der Waals surface area contributed by atoms with Gasteiger partial charge in [0.2, 0.25) is 0 Å². The van der Waals surface area contributed by atoms with Crippen LogP contribution in [-0.2, 0) is 9.53 Å². The third-order valence-corrected chi connectivity index (χ3v) is 2.29. The van der Waals surface area contributed by atoms with Gasteiger partial charge in [-0.2, -0.15) is 0 Å². The van der Waals surface area contributed by atoms with Crippen LogP contribution in [0.4, 0.5) is 5.82 Å². The van der Waals surface area contributed by atoms with Crippen LogP contribution < -0.4 is 4.90 Å². The molecule has 0 atom stereocenters. The first kappa shape index (κ1) is 12.1. The van der Waals surface area contributed by atoms with Crippen LogP contribution in [0.25, 0.3) is 0 Å². The minimum atomic E-state index is -0.109. The van der Waals surface area contributed by atoms with E-state index in [1.807, 2.05) is 19.1 Å². The molecule has 0 N–H and O–H groups in total. The van der Waals surface area contributed by atoms with Crippen molar-refractivity contribution >= 4 is 27.7 Å². The van der Waals surface area contributed by atoms with E-state index in [0.717, 1.165) is 0 Å². The van der Waals surface area contributed by atoms with Crippen molar-refractivity contribution in [3.63, 3.8) is 0 Å². The molecule has 1 aromatic heterocycles. The minimum Gasteiger partial charge on any atom is -0.372 e. The Balaban J connectivity index is 2.67. The normalized spacial score (nSPS) is 10.1. The van der Waals surface area contributed by atoms with Crippen molar-refractivity contribution in [1.82, 2.24) is 4.98 Å². The summed E-state index contributed by atoms with van der Waals surface area (Å²) in [5.74, 6) is 0.497. The molecule has 0 aliphatic carbocycles. The monoisotopic (exact) mass is 272 g/mol. The van der Waals surface area contributed by atoms with Crippen LogP contribution >= 0.6 is 15.9 Å². The highest BCUT2D eigenvalue weighted by Crippen LogP contribution is 2.13. The summed E-state index contributed by atoms with van der Waals surface area (Å²) in [7, 11) is 1.68. The molecule has 82 valence electrons. The summed E-state index contributed by atoms with van der Waals surface area (Å²) >= 11 is 3.25. The van der Waals surface area contributed by atoms with E-state index in [1.54, 1.807) is 13.1 Å². The van der Waals surface area contributed by atoms with Gasteiger partial charge in [0, 0.05) is 13.7 Å². The number of amides is 1. The highest BCUT2D eigenvalue weighted by atomic mass is 79.9. The lowest BCUT2D eigenvalue weighted by Crippen LogP contribution is -2.30. The number of hydrogen-bond acceptors (Lipinski definition) is 3. The zero-order chi connectivity index (χ0) is 11.3. The summed E-state index contributed by atoms with van der Waals surface area (Å²) in [6, 6.07) is 5.41. The number of anilines is 1. The Labute approximate surface area is 97.4 Å². The van der Waals surface area contributed by atoms with Gasteiger partial charge in [-0.3, -0.25) is 9.69 Å². The number of likely N-dealkylation sites (N-methyl/N-ethyl adjacent to an activating group) is 1. The lowest BCUT2D eigenvalue weighted by molar-refractivity contribution is -0.122. The van der Waals surface area contributed by atoms with E-state index in [2.05, 4.69) is 20.9 Å². The molecular weight excluding hydrogens is 260 g/mol. The fourth-order valence-corrected chi connectivity index (χ4v) is 1.33. The van der Waals surface area contributed by atoms with Gasteiger partial charge in [-0.05, 0) is 35.0 Å². The van der Waals surface area contributed by atoms with E-state index in [1.165, 1.54) is 4.90 Å². The molecule has 0 saturated carbocycles. The lowest BCUT2D eigenvalue weighted by Gasteiger charge is -2.15. The first-order valence-corrected chi connectivity index (χ1v) is 5.41. The Hall–Kier alpha value is -0.940. The van der Waals surface area contributed by atoms with E-state index < -0.39 is 0 Å². The second-order valence-electron chi connectivity index (χ2n) is 2.91. The number of carbonyl (C=O) groups is 1. The molecule has 0 fully saturated rings. The second kappa shape index (κ2) is 5.82. The van der Waals surface area contributed by atoms with Gasteiger partial charge in [-0.15, -0.1) is 0 Å². The van der Waals surface area contributed by atoms with Crippen LogP contribution in [0, 0.1) is 0 Å². The second-order valence-corrected chi connectivity index (χ2v) is 3.72. The first-order valence-electron chi connectivity index (χ1n) is 4.62.